The van der Waals surface area contributed by atoms with Gasteiger partial charge in [0, 0.05) is 12.4 Å². The average Bonchev–Trinajstić information content (AvgIpc) is 2.45. The second-order valence-electron chi connectivity index (χ2n) is 2.78. The maximum Gasteiger partial charge on any atom is 0.269 e. The van der Waals surface area contributed by atoms with Gasteiger partial charge in [0.1, 0.15) is 0 Å². The molecule has 4 heteroatoms. The number of fused-ring (bicyclic) bond motifs is 1. The third kappa shape index (κ3) is 1.07. The molecule has 0 saturated heterocycles. The maximum absolute atomic E-state index is 11.0. The molecule has 0 aliphatic heterocycles. The monoisotopic (exact) mass is 174 g/mol. The largest absolute Gasteiger partial charge is 0.364 e. The summed E-state index contributed by atoms with van der Waals surface area (Å²) >= 11 is 0. The van der Waals surface area contributed by atoms with Crippen LogP contribution in [0.5, 0.6) is 0 Å². The van der Waals surface area contributed by atoms with Crippen molar-refractivity contribution in [2.24, 2.45) is 12.8 Å². The number of primary amides is 1. The molecule has 1 aromatic carbocycles. The molecule has 4 nitrogen and oxygen atoms in total. The predicted molar refractivity (Wildman–Crippen MR) is 48.1 cm³/mol. The summed E-state index contributed by atoms with van der Waals surface area (Å²) < 4.78 is 1.62. The van der Waals surface area contributed by atoms with Crippen LogP contribution in [0.25, 0.3) is 10.9 Å². The van der Waals surface area contributed by atoms with Crippen molar-refractivity contribution in [1.29, 1.82) is 0 Å². The molecule has 1 radical (unpaired) electrons. The fraction of sp³-hybridized carbons (Fsp3) is 0.111. The van der Waals surface area contributed by atoms with E-state index >= 15 is 0 Å². The number of rotatable bonds is 1. The fourth-order valence-electron chi connectivity index (χ4n) is 1.33. The molecule has 0 bridgehead atoms. The third-order valence-electron chi connectivity index (χ3n) is 1.93. The van der Waals surface area contributed by atoms with E-state index in [2.05, 4.69) is 11.2 Å². The number of benzene rings is 1. The van der Waals surface area contributed by atoms with Gasteiger partial charge in [-0.25, -0.2) is 0 Å². The molecule has 65 valence electrons. The SMILES string of the molecule is Cn1nc(C(N)=O)c2cc[c]cc21. The summed E-state index contributed by atoms with van der Waals surface area (Å²) in [4.78, 5) is 11.0. The van der Waals surface area contributed by atoms with E-state index in [-0.39, 0.29) is 0 Å². The van der Waals surface area contributed by atoms with E-state index in [0.717, 1.165) is 10.9 Å². The molecule has 0 atom stereocenters. The van der Waals surface area contributed by atoms with Crippen LogP contribution in [0.4, 0.5) is 0 Å². The molecular formula is C9H8N3O. The minimum atomic E-state index is -0.503. The van der Waals surface area contributed by atoms with Crippen LogP contribution < -0.4 is 5.73 Å². The first-order valence-corrected chi connectivity index (χ1v) is 3.83. The first-order valence-electron chi connectivity index (χ1n) is 3.83. The highest BCUT2D eigenvalue weighted by Crippen LogP contribution is 2.16. The van der Waals surface area contributed by atoms with E-state index in [1.807, 2.05) is 0 Å². The number of aryl methyl sites for hydroxylation is 1. The zero-order valence-corrected chi connectivity index (χ0v) is 7.11. The van der Waals surface area contributed by atoms with Crippen molar-refractivity contribution < 1.29 is 4.79 Å². The van der Waals surface area contributed by atoms with Crippen LogP contribution in [0, 0.1) is 6.07 Å². The van der Waals surface area contributed by atoms with Crippen LogP contribution in [0.15, 0.2) is 18.2 Å². The summed E-state index contributed by atoms with van der Waals surface area (Å²) in [6.45, 7) is 0. The van der Waals surface area contributed by atoms with Gasteiger partial charge in [0.15, 0.2) is 5.69 Å². The molecule has 13 heavy (non-hydrogen) atoms. The van der Waals surface area contributed by atoms with Gasteiger partial charge in [-0.05, 0) is 18.2 Å². The van der Waals surface area contributed by atoms with Gasteiger partial charge in [-0.3, -0.25) is 9.48 Å². The average molecular weight is 174 g/mol. The Balaban J connectivity index is 2.85. The van der Waals surface area contributed by atoms with Gasteiger partial charge >= 0.3 is 0 Å². The molecule has 0 saturated carbocycles. The van der Waals surface area contributed by atoms with Crippen LogP contribution in [0.2, 0.25) is 0 Å². The van der Waals surface area contributed by atoms with Crippen LogP contribution >= 0.6 is 0 Å². The molecule has 2 rings (SSSR count). The van der Waals surface area contributed by atoms with Crippen molar-refractivity contribution in [3.63, 3.8) is 0 Å². The number of aromatic nitrogens is 2. The van der Waals surface area contributed by atoms with Crippen LogP contribution in [-0.2, 0) is 7.05 Å². The number of carbonyl (C=O) groups is 1. The Bertz CT molecular complexity index is 473. The molecule has 1 aromatic heterocycles. The molecule has 1 amide bonds. The van der Waals surface area contributed by atoms with Gasteiger partial charge in [-0.2, -0.15) is 5.10 Å². The van der Waals surface area contributed by atoms with Gasteiger partial charge in [-0.15, -0.1) is 0 Å². The van der Waals surface area contributed by atoms with Crippen LogP contribution in [0.3, 0.4) is 0 Å². The molecule has 0 spiro atoms. The third-order valence-corrected chi connectivity index (χ3v) is 1.93. The van der Waals surface area contributed by atoms with Gasteiger partial charge in [-0.1, -0.05) is 6.07 Å². The van der Waals surface area contributed by atoms with Crippen molar-refractivity contribution in [3.05, 3.63) is 30.0 Å². The van der Waals surface area contributed by atoms with Gasteiger partial charge in [0.2, 0.25) is 0 Å². The number of nitrogens with zero attached hydrogens (tertiary/aromatic N) is 2. The predicted octanol–water partition coefficient (Wildman–Crippen LogP) is 0.472. The molecule has 2 N–H and O–H groups in total. The number of amides is 1. The number of carbonyl (C=O) groups excluding carboxylic acids is 1. The summed E-state index contributed by atoms with van der Waals surface area (Å²) in [7, 11) is 1.77. The molecule has 0 aliphatic rings. The first kappa shape index (κ1) is 7.79. The van der Waals surface area contributed by atoms with Gasteiger partial charge in [0.05, 0.1) is 5.52 Å². The minimum absolute atomic E-state index is 0.312. The molecule has 1 heterocycles. The van der Waals surface area contributed by atoms with Crippen LogP contribution in [-0.4, -0.2) is 15.7 Å². The highest BCUT2D eigenvalue weighted by atomic mass is 16.1. The lowest BCUT2D eigenvalue weighted by Gasteiger charge is -1.89. The zero-order valence-electron chi connectivity index (χ0n) is 7.11. The normalized spacial score (nSPS) is 10.5. The summed E-state index contributed by atoms with van der Waals surface area (Å²) in [6, 6.07) is 8.20. The van der Waals surface area contributed by atoms with E-state index in [1.54, 1.807) is 29.9 Å². The molecule has 0 aliphatic carbocycles. The Morgan fingerprint density at radius 2 is 2.46 bits per heavy atom. The highest BCUT2D eigenvalue weighted by Gasteiger charge is 2.11. The second kappa shape index (κ2) is 2.58. The Hall–Kier alpha value is -1.84. The standard InChI is InChI=1S/C9H8N3O/c1-12-7-5-3-2-4-6(7)8(11-12)9(10)13/h2,4-5H,1H3,(H2,10,13). The van der Waals surface area contributed by atoms with E-state index in [0.29, 0.717) is 5.69 Å². The van der Waals surface area contributed by atoms with Crippen molar-refractivity contribution >= 4 is 16.8 Å². The van der Waals surface area contributed by atoms with Crippen molar-refractivity contribution in [3.8, 4) is 0 Å². The van der Waals surface area contributed by atoms with Gasteiger partial charge < -0.3 is 5.73 Å². The fourth-order valence-corrected chi connectivity index (χ4v) is 1.33. The van der Waals surface area contributed by atoms with Crippen molar-refractivity contribution in [2.45, 2.75) is 0 Å². The van der Waals surface area contributed by atoms with Crippen molar-refractivity contribution in [2.75, 3.05) is 0 Å². The molecule has 2 aromatic rings. The quantitative estimate of drug-likeness (QED) is 0.683. The van der Waals surface area contributed by atoms with Crippen LogP contribution in [0.1, 0.15) is 10.5 Å². The van der Waals surface area contributed by atoms with E-state index in [1.165, 1.54) is 0 Å². The summed E-state index contributed by atoms with van der Waals surface area (Å²) in [5.74, 6) is -0.503. The Kier molecular flexibility index (Phi) is 1.55. The smallest absolute Gasteiger partial charge is 0.269 e. The second-order valence-corrected chi connectivity index (χ2v) is 2.78. The lowest BCUT2D eigenvalue weighted by molar-refractivity contribution is 0.0996. The van der Waals surface area contributed by atoms with E-state index in [4.69, 9.17) is 5.73 Å². The summed E-state index contributed by atoms with van der Waals surface area (Å²) in [5, 5.41) is 4.78. The lowest BCUT2D eigenvalue weighted by atomic mass is 10.2. The van der Waals surface area contributed by atoms with Crippen molar-refractivity contribution in [1.82, 2.24) is 9.78 Å². The van der Waals surface area contributed by atoms with Gasteiger partial charge in [0.25, 0.3) is 5.91 Å². The highest BCUT2D eigenvalue weighted by molar-refractivity contribution is 6.03. The maximum atomic E-state index is 11.0. The summed E-state index contributed by atoms with van der Waals surface area (Å²) in [6.07, 6.45) is 0. The first-order chi connectivity index (χ1) is 6.20. The lowest BCUT2D eigenvalue weighted by Crippen LogP contribution is -2.12. The zero-order chi connectivity index (χ0) is 9.42. The van der Waals surface area contributed by atoms with E-state index in [9.17, 15) is 4.79 Å². The van der Waals surface area contributed by atoms with E-state index < -0.39 is 5.91 Å². The Morgan fingerprint density at radius 3 is 3.15 bits per heavy atom. The molecular weight excluding hydrogens is 166 g/mol. The Morgan fingerprint density at radius 1 is 1.69 bits per heavy atom. The topological polar surface area (TPSA) is 60.9 Å². The number of nitrogens with two attached hydrogens (primary N) is 1. The number of hydrogen-bond donors (Lipinski definition) is 1. The Labute approximate surface area is 75.0 Å². The number of hydrogen-bond acceptors (Lipinski definition) is 2. The summed E-state index contributed by atoms with van der Waals surface area (Å²) in [5.41, 5.74) is 6.34. The minimum Gasteiger partial charge on any atom is -0.364 e. The molecule has 0 fully saturated rings. The molecule has 0 unspecified atom stereocenters.